The van der Waals surface area contributed by atoms with Crippen LogP contribution in [0.1, 0.15) is 24.2 Å². The lowest BCUT2D eigenvalue weighted by molar-refractivity contribution is -0.386. The van der Waals surface area contributed by atoms with E-state index in [-0.39, 0.29) is 11.3 Å². The van der Waals surface area contributed by atoms with E-state index in [0.717, 1.165) is 12.1 Å². The summed E-state index contributed by atoms with van der Waals surface area (Å²) in [6, 6.07) is 1.83. The molecular weight excluding hydrogens is 270 g/mol. The van der Waals surface area contributed by atoms with Crippen LogP contribution in [-0.2, 0) is 9.53 Å². The van der Waals surface area contributed by atoms with E-state index in [1.807, 2.05) is 0 Å². The third-order valence-corrected chi connectivity index (χ3v) is 2.26. The van der Waals surface area contributed by atoms with Crippen molar-refractivity contribution in [3.8, 4) is 11.5 Å². The maximum Gasteiger partial charge on any atom is 0.379 e. The highest BCUT2D eigenvalue weighted by atomic mass is 16.6. The lowest BCUT2D eigenvalue weighted by atomic mass is 10.1. The highest BCUT2D eigenvalue weighted by Gasteiger charge is 2.26. The van der Waals surface area contributed by atoms with Crippen molar-refractivity contribution in [1.82, 2.24) is 0 Å². The molecule has 0 bridgehead atoms. The van der Waals surface area contributed by atoms with E-state index in [2.05, 4.69) is 0 Å². The fourth-order valence-electron chi connectivity index (χ4n) is 1.40. The Hall–Kier alpha value is -2.64. The predicted octanol–water partition coefficient (Wildman–Crippen LogP) is 1.44. The maximum absolute atomic E-state index is 11.8. The first kappa shape index (κ1) is 15.4. The summed E-state index contributed by atoms with van der Waals surface area (Å²) in [7, 11) is 1.17. The summed E-state index contributed by atoms with van der Waals surface area (Å²) in [6.45, 7) is 3.12. The number of phenols is 1. The Morgan fingerprint density at radius 3 is 2.40 bits per heavy atom. The van der Waals surface area contributed by atoms with Gasteiger partial charge in [0, 0.05) is 11.6 Å². The number of nitro groups is 1. The van der Waals surface area contributed by atoms with Crippen molar-refractivity contribution in [2.45, 2.75) is 20.0 Å². The van der Waals surface area contributed by atoms with Gasteiger partial charge in [-0.25, -0.2) is 4.79 Å². The van der Waals surface area contributed by atoms with Crippen LogP contribution in [0, 0.1) is 10.1 Å². The minimum absolute atomic E-state index is 0.278. The van der Waals surface area contributed by atoms with Crippen LogP contribution in [0.5, 0.6) is 11.5 Å². The van der Waals surface area contributed by atoms with Gasteiger partial charge in [0.2, 0.25) is 5.75 Å². The van der Waals surface area contributed by atoms with Crippen LogP contribution >= 0.6 is 0 Å². The second kappa shape index (κ2) is 6.00. The van der Waals surface area contributed by atoms with E-state index in [0.29, 0.717) is 0 Å². The maximum atomic E-state index is 11.8. The number of carbonyl (C=O) groups is 2. The number of hydrogen-bond donors (Lipinski definition) is 1. The predicted molar refractivity (Wildman–Crippen MR) is 66.9 cm³/mol. The third kappa shape index (κ3) is 3.22. The topological polar surface area (TPSA) is 116 Å². The minimum Gasteiger partial charge on any atom is -0.500 e. The van der Waals surface area contributed by atoms with Crippen molar-refractivity contribution < 1.29 is 29.1 Å². The fourth-order valence-corrected chi connectivity index (χ4v) is 1.40. The van der Waals surface area contributed by atoms with Gasteiger partial charge in [-0.3, -0.25) is 14.9 Å². The molecule has 0 radical (unpaired) electrons. The van der Waals surface area contributed by atoms with E-state index < -0.39 is 34.2 Å². The van der Waals surface area contributed by atoms with Gasteiger partial charge >= 0.3 is 11.7 Å². The number of methoxy groups -OCH3 is 1. The molecule has 0 aromatic heterocycles. The van der Waals surface area contributed by atoms with Crippen LogP contribution in [0.25, 0.3) is 0 Å². The van der Waals surface area contributed by atoms with Gasteiger partial charge in [-0.05, 0) is 19.9 Å². The van der Waals surface area contributed by atoms with Gasteiger partial charge in [0.05, 0.1) is 18.1 Å². The summed E-state index contributed by atoms with van der Waals surface area (Å²) in [5.74, 6) is -3.19. The first-order chi connectivity index (χ1) is 9.27. The molecule has 20 heavy (non-hydrogen) atoms. The summed E-state index contributed by atoms with van der Waals surface area (Å²) < 4.78 is 9.44. The van der Waals surface area contributed by atoms with E-state index in [1.54, 1.807) is 13.8 Å². The molecule has 0 fully saturated rings. The number of hydrogen-bond acceptors (Lipinski definition) is 7. The molecule has 0 unspecified atom stereocenters. The Labute approximate surface area is 114 Å². The number of Topliss-reactive ketones (excluding diaryl/α,β-unsaturated/α-hetero) is 1. The molecule has 108 valence electrons. The number of carbonyl (C=O) groups excluding carboxylic acids is 2. The Kier molecular flexibility index (Phi) is 4.63. The molecule has 1 aromatic rings. The Balaban J connectivity index is 3.25. The highest BCUT2D eigenvalue weighted by molar-refractivity contribution is 6.40. The SMILES string of the molecule is COc1cc(C(=O)C(=O)OC(C)C)cc([N+](=O)[O-])c1O. The normalized spacial score (nSPS) is 10.2. The largest absolute Gasteiger partial charge is 0.500 e. The number of nitro benzene ring substituents is 1. The molecule has 8 nitrogen and oxygen atoms in total. The van der Waals surface area contributed by atoms with Gasteiger partial charge in [-0.2, -0.15) is 0 Å². The van der Waals surface area contributed by atoms with Crippen LogP contribution in [0.2, 0.25) is 0 Å². The van der Waals surface area contributed by atoms with Crippen LogP contribution in [-0.4, -0.2) is 35.0 Å². The molecule has 0 aliphatic rings. The monoisotopic (exact) mass is 283 g/mol. The standard InChI is InChI=1S/C12H13NO7/c1-6(2)20-12(16)10(14)7-4-8(13(17)18)11(15)9(5-7)19-3/h4-6,15H,1-3H3. The fraction of sp³-hybridized carbons (Fsp3) is 0.333. The van der Waals surface area contributed by atoms with Gasteiger partial charge in [0.15, 0.2) is 5.75 Å². The van der Waals surface area contributed by atoms with E-state index in [1.165, 1.54) is 7.11 Å². The van der Waals surface area contributed by atoms with Gasteiger partial charge in [0.25, 0.3) is 5.78 Å². The molecule has 0 heterocycles. The second-order valence-corrected chi connectivity index (χ2v) is 4.09. The molecule has 1 N–H and O–H groups in total. The molecule has 0 spiro atoms. The van der Waals surface area contributed by atoms with Crippen LogP contribution < -0.4 is 4.74 Å². The molecule has 0 aliphatic heterocycles. The zero-order valence-corrected chi connectivity index (χ0v) is 11.1. The number of benzene rings is 1. The number of nitrogens with zero attached hydrogens (tertiary/aromatic N) is 1. The molecule has 8 heteroatoms. The van der Waals surface area contributed by atoms with Gasteiger partial charge in [0.1, 0.15) is 0 Å². The van der Waals surface area contributed by atoms with E-state index in [9.17, 15) is 24.8 Å². The summed E-state index contributed by atoms with van der Waals surface area (Å²) in [4.78, 5) is 33.2. The average molecular weight is 283 g/mol. The molecular formula is C12H13NO7. The van der Waals surface area contributed by atoms with Crippen molar-refractivity contribution in [2.75, 3.05) is 7.11 Å². The third-order valence-electron chi connectivity index (χ3n) is 2.26. The zero-order valence-electron chi connectivity index (χ0n) is 11.1. The number of esters is 1. The van der Waals surface area contributed by atoms with Crippen LogP contribution in [0.4, 0.5) is 5.69 Å². The number of ether oxygens (including phenoxy) is 2. The van der Waals surface area contributed by atoms with Crippen molar-refractivity contribution in [3.63, 3.8) is 0 Å². The minimum atomic E-state index is -1.14. The number of ketones is 1. The molecule has 1 rings (SSSR count). The van der Waals surface area contributed by atoms with Gasteiger partial charge in [-0.1, -0.05) is 0 Å². The summed E-state index contributed by atoms with van der Waals surface area (Å²) in [5, 5.41) is 20.3. The highest BCUT2D eigenvalue weighted by Crippen LogP contribution is 2.37. The van der Waals surface area contributed by atoms with Crippen molar-refractivity contribution in [3.05, 3.63) is 27.8 Å². The summed E-state index contributed by atoms with van der Waals surface area (Å²) in [6.07, 6.45) is -0.500. The van der Waals surface area contributed by atoms with Gasteiger partial charge in [-0.15, -0.1) is 0 Å². The number of phenolic OH excluding ortho intramolecular Hbond substituents is 1. The molecule has 0 amide bonds. The summed E-state index contributed by atoms with van der Waals surface area (Å²) in [5.41, 5.74) is -1.03. The molecule has 0 saturated heterocycles. The smallest absolute Gasteiger partial charge is 0.379 e. The lowest BCUT2D eigenvalue weighted by Gasteiger charge is -2.09. The first-order valence-electron chi connectivity index (χ1n) is 5.58. The van der Waals surface area contributed by atoms with Gasteiger partial charge < -0.3 is 14.6 Å². The van der Waals surface area contributed by atoms with Crippen LogP contribution in [0.3, 0.4) is 0 Å². The lowest BCUT2D eigenvalue weighted by Crippen LogP contribution is -2.21. The average Bonchev–Trinajstić information content (AvgIpc) is 2.36. The number of rotatable bonds is 5. The Bertz CT molecular complexity index is 565. The summed E-state index contributed by atoms with van der Waals surface area (Å²) >= 11 is 0. The van der Waals surface area contributed by atoms with Crippen molar-refractivity contribution >= 4 is 17.4 Å². The molecule has 0 saturated carbocycles. The quantitative estimate of drug-likeness (QED) is 0.286. The zero-order chi connectivity index (χ0) is 15.4. The Morgan fingerprint density at radius 1 is 1.35 bits per heavy atom. The molecule has 0 atom stereocenters. The van der Waals surface area contributed by atoms with Crippen molar-refractivity contribution in [1.29, 1.82) is 0 Å². The number of aromatic hydroxyl groups is 1. The first-order valence-corrected chi connectivity index (χ1v) is 5.58. The molecule has 0 aliphatic carbocycles. The Morgan fingerprint density at radius 2 is 1.95 bits per heavy atom. The molecule has 1 aromatic carbocycles. The van der Waals surface area contributed by atoms with E-state index >= 15 is 0 Å². The van der Waals surface area contributed by atoms with Crippen LogP contribution in [0.15, 0.2) is 12.1 Å². The second-order valence-electron chi connectivity index (χ2n) is 4.09. The van der Waals surface area contributed by atoms with Crippen molar-refractivity contribution in [2.24, 2.45) is 0 Å². The van der Waals surface area contributed by atoms with E-state index in [4.69, 9.17) is 9.47 Å².